The van der Waals surface area contributed by atoms with Gasteiger partial charge in [-0.1, -0.05) is 0 Å². The van der Waals surface area contributed by atoms with Crippen LogP contribution in [0.2, 0.25) is 0 Å². The van der Waals surface area contributed by atoms with Crippen LogP contribution < -0.4 is 9.46 Å². The van der Waals surface area contributed by atoms with E-state index in [4.69, 9.17) is 9.47 Å². The monoisotopic (exact) mass is 364 g/mol. The van der Waals surface area contributed by atoms with Crippen LogP contribution >= 0.6 is 0 Å². The molecule has 1 aliphatic heterocycles. The van der Waals surface area contributed by atoms with Crippen molar-refractivity contribution in [3.8, 4) is 5.75 Å². The van der Waals surface area contributed by atoms with E-state index in [9.17, 15) is 16.8 Å². The van der Waals surface area contributed by atoms with Gasteiger partial charge in [-0.25, -0.2) is 21.6 Å². The van der Waals surface area contributed by atoms with E-state index in [1.807, 2.05) is 0 Å². The zero-order valence-corrected chi connectivity index (χ0v) is 14.4. The van der Waals surface area contributed by atoms with E-state index in [2.05, 4.69) is 4.72 Å². The molecule has 0 aromatic heterocycles. The second-order valence-electron chi connectivity index (χ2n) is 4.90. The summed E-state index contributed by atoms with van der Waals surface area (Å²) < 4.78 is 62.1. The molecule has 0 bridgehead atoms. The van der Waals surface area contributed by atoms with Crippen molar-refractivity contribution in [1.29, 1.82) is 0 Å². The van der Waals surface area contributed by atoms with Crippen LogP contribution in [0.4, 0.5) is 0 Å². The van der Waals surface area contributed by atoms with Gasteiger partial charge < -0.3 is 9.47 Å². The molecular formula is C13H20N2O6S2. The van der Waals surface area contributed by atoms with Crippen molar-refractivity contribution < 1.29 is 26.3 Å². The van der Waals surface area contributed by atoms with Gasteiger partial charge in [0.05, 0.1) is 31.0 Å². The van der Waals surface area contributed by atoms with E-state index in [0.29, 0.717) is 32.1 Å². The number of nitrogens with one attached hydrogen (secondary N) is 1. The third-order valence-corrected chi connectivity index (χ3v) is 6.73. The predicted octanol–water partition coefficient (Wildman–Crippen LogP) is -0.364. The van der Waals surface area contributed by atoms with Crippen LogP contribution in [-0.4, -0.2) is 66.9 Å². The molecule has 10 heteroatoms. The van der Waals surface area contributed by atoms with Gasteiger partial charge in [0.25, 0.3) is 0 Å². The summed E-state index contributed by atoms with van der Waals surface area (Å²) in [7, 11) is -5.76. The Morgan fingerprint density at radius 3 is 2.30 bits per heavy atom. The Morgan fingerprint density at radius 2 is 1.74 bits per heavy atom. The maximum Gasteiger partial charge on any atom is 0.240 e. The molecule has 0 saturated carbocycles. The number of ether oxygens (including phenoxy) is 2. The minimum Gasteiger partial charge on any atom is -0.497 e. The number of nitrogens with zero attached hydrogens (tertiary/aromatic N) is 1. The topological polar surface area (TPSA) is 102 Å². The molecule has 23 heavy (non-hydrogen) atoms. The smallest absolute Gasteiger partial charge is 0.240 e. The molecule has 1 saturated heterocycles. The SMILES string of the molecule is COc1ccc(S(=O)(=O)NCCS(=O)(=O)N2CCOCC2)cc1. The van der Waals surface area contributed by atoms with E-state index in [-0.39, 0.29) is 17.2 Å². The molecule has 0 atom stereocenters. The van der Waals surface area contributed by atoms with Crippen molar-refractivity contribution in [2.45, 2.75) is 4.90 Å². The number of sulfonamides is 2. The molecule has 1 fully saturated rings. The molecule has 0 unspecified atom stereocenters. The van der Waals surface area contributed by atoms with Gasteiger partial charge in [-0.05, 0) is 24.3 Å². The third kappa shape index (κ3) is 4.88. The first kappa shape index (κ1) is 18.1. The molecular weight excluding hydrogens is 344 g/mol. The summed E-state index contributed by atoms with van der Waals surface area (Å²) in [6.07, 6.45) is 0. The molecule has 1 N–H and O–H groups in total. The van der Waals surface area contributed by atoms with Crippen LogP contribution in [0.1, 0.15) is 0 Å². The summed E-state index contributed by atoms with van der Waals surface area (Å²) in [6.45, 7) is 1.13. The lowest BCUT2D eigenvalue weighted by Gasteiger charge is -2.26. The zero-order chi connectivity index (χ0) is 16.9. The number of methoxy groups -OCH3 is 1. The van der Waals surface area contributed by atoms with Crippen LogP contribution in [0.25, 0.3) is 0 Å². The molecule has 0 spiro atoms. The van der Waals surface area contributed by atoms with Crippen molar-refractivity contribution >= 4 is 20.0 Å². The van der Waals surface area contributed by atoms with Crippen LogP contribution in [0.3, 0.4) is 0 Å². The van der Waals surface area contributed by atoms with Crippen LogP contribution in [0.5, 0.6) is 5.75 Å². The molecule has 0 aliphatic carbocycles. The summed E-state index contributed by atoms with van der Waals surface area (Å²) in [6, 6.07) is 5.85. The Hall–Kier alpha value is -1.20. The highest BCUT2D eigenvalue weighted by Crippen LogP contribution is 2.15. The Balaban J connectivity index is 1.93. The van der Waals surface area contributed by atoms with Gasteiger partial charge in [-0.2, -0.15) is 4.31 Å². The van der Waals surface area contributed by atoms with Gasteiger partial charge in [0, 0.05) is 19.6 Å². The fourth-order valence-electron chi connectivity index (χ4n) is 2.10. The van der Waals surface area contributed by atoms with Crippen molar-refractivity contribution in [3.63, 3.8) is 0 Å². The maximum atomic E-state index is 12.1. The lowest BCUT2D eigenvalue weighted by Crippen LogP contribution is -2.43. The van der Waals surface area contributed by atoms with Crippen molar-refractivity contribution in [2.24, 2.45) is 0 Å². The third-order valence-electron chi connectivity index (χ3n) is 3.39. The molecule has 1 aromatic rings. The molecule has 1 aromatic carbocycles. The van der Waals surface area contributed by atoms with E-state index in [1.54, 1.807) is 0 Å². The predicted molar refractivity (Wildman–Crippen MR) is 84.4 cm³/mol. The highest BCUT2D eigenvalue weighted by atomic mass is 32.2. The average molecular weight is 364 g/mol. The fraction of sp³-hybridized carbons (Fsp3) is 0.538. The van der Waals surface area contributed by atoms with E-state index >= 15 is 0 Å². The summed E-state index contributed by atoms with van der Waals surface area (Å²) in [5, 5.41) is 0. The minimum atomic E-state index is -3.75. The molecule has 130 valence electrons. The van der Waals surface area contributed by atoms with Gasteiger partial charge in [-0.15, -0.1) is 0 Å². The molecule has 0 amide bonds. The van der Waals surface area contributed by atoms with E-state index in [0.717, 1.165) is 0 Å². The molecule has 0 radical (unpaired) electrons. The van der Waals surface area contributed by atoms with Crippen LogP contribution in [0.15, 0.2) is 29.2 Å². The lowest BCUT2D eigenvalue weighted by atomic mass is 10.3. The Labute approximate surface area is 136 Å². The van der Waals surface area contributed by atoms with Gasteiger partial charge in [0.2, 0.25) is 20.0 Å². The normalized spacial score (nSPS) is 17.1. The summed E-state index contributed by atoms with van der Waals surface area (Å²) in [5.41, 5.74) is 0. The first-order chi connectivity index (χ1) is 10.8. The molecule has 1 aliphatic rings. The van der Waals surface area contributed by atoms with Gasteiger partial charge >= 0.3 is 0 Å². The number of benzene rings is 1. The number of morpholine rings is 1. The van der Waals surface area contributed by atoms with E-state index in [1.165, 1.54) is 35.7 Å². The van der Waals surface area contributed by atoms with Gasteiger partial charge in [0.15, 0.2) is 0 Å². The number of rotatable bonds is 7. The standard InChI is InChI=1S/C13H20N2O6S2/c1-20-12-2-4-13(5-3-12)23(18,19)14-6-11-22(16,17)15-7-9-21-10-8-15/h2-5,14H,6-11H2,1H3. The molecule has 1 heterocycles. The highest BCUT2D eigenvalue weighted by molar-refractivity contribution is 7.90. The van der Waals surface area contributed by atoms with Gasteiger partial charge in [0.1, 0.15) is 5.75 Å². The molecule has 2 rings (SSSR count). The second-order valence-corrected chi connectivity index (χ2v) is 8.76. The number of hydrogen-bond acceptors (Lipinski definition) is 6. The van der Waals surface area contributed by atoms with Crippen molar-refractivity contribution in [3.05, 3.63) is 24.3 Å². The first-order valence-electron chi connectivity index (χ1n) is 7.04. The van der Waals surface area contributed by atoms with E-state index < -0.39 is 20.0 Å². The minimum absolute atomic E-state index is 0.0575. The van der Waals surface area contributed by atoms with Crippen LogP contribution in [-0.2, 0) is 24.8 Å². The summed E-state index contributed by atoms with van der Waals surface area (Å²) in [4.78, 5) is 0.0575. The van der Waals surface area contributed by atoms with Crippen molar-refractivity contribution in [2.75, 3.05) is 45.7 Å². The van der Waals surface area contributed by atoms with Gasteiger partial charge in [-0.3, -0.25) is 0 Å². The summed E-state index contributed by atoms with van der Waals surface area (Å²) >= 11 is 0. The quantitative estimate of drug-likeness (QED) is 0.709. The van der Waals surface area contributed by atoms with Crippen LogP contribution in [0, 0.1) is 0 Å². The highest BCUT2D eigenvalue weighted by Gasteiger charge is 2.24. The second kappa shape index (κ2) is 7.58. The Bertz CT molecular complexity index is 709. The summed E-state index contributed by atoms with van der Waals surface area (Å²) in [5.74, 6) is 0.251. The zero-order valence-electron chi connectivity index (χ0n) is 12.8. The Morgan fingerprint density at radius 1 is 1.13 bits per heavy atom. The average Bonchev–Trinajstić information content (AvgIpc) is 2.55. The number of hydrogen-bond donors (Lipinski definition) is 1. The maximum absolute atomic E-state index is 12.1. The fourth-order valence-corrected chi connectivity index (χ4v) is 4.58. The lowest BCUT2D eigenvalue weighted by molar-refractivity contribution is 0.0730. The Kier molecular flexibility index (Phi) is 5.98. The first-order valence-corrected chi connectivity index (χ1v) is 10.1. The molecule has 8 nitrogen and oxygen atoms in total. The largest absolute Gasteiger partial charge is 0.497 e. The van der Waals surface area contributed by atoms with Crippen molar-refractivity contribution in [1.82, 2.24) is 9.03 Å².